The van der Waals surface area contributed by atoms with Crippen molar-refractivity contribution in [2.45, 2.75) is 103 Å². The van der Waals surface area contributed by atoms with Crippen LogP contribution in [-0.2, 0) is 0 Å². The Morgan fingerprint density at radius 2 is 1.25 bits per heavy atom. The van der Waals surface area contributed by atoms with Gasteiger partial charge in [0.2, 0.25) is 0 Å². The predicted octanol–water partition coefficient (Wildman–Crippen LogP) is 5.05. The Kier molecular flexibility index (Phi) is 13.8. The Hall–Kier alpha value is -0.0800. The van der Waals surface area contributed by atoms with Gasteiger partial charge >= 0.3 is 0 Å². The summed E-state index contributed by atoms with van der Waals surface area (Å²) in [5.74, 6) is 0. The van der Waals surface area contributed by atoms with Crippen molar-refractivity contribution in [3.8, 4) is 0 Å². The highest BCUT2D eigenvalue weighted by Gasteiger charge is 2.17. The molecule has 2 nitrogen and oxygen atoms in total. The molecule has 0 aromatic heterocycles. The fraction of sp³-hybridized carbons (Fsp3) is 1.00. The summed E-state index contributed by atoms with van der Waals surface area (Å²) in [7, 11) is 0. The number of aliphatic hydroxyl groups is 1. The number of hydrogen-bond acceptors (Lipinski definition) is 2. The molecule has 0 fully saturated rings. The van der Waals surface area contributed by atoms with Crippen LogP contribution in [0.1, 0.15) is 97.8 Å². The number of rotatable bonds is 15. The van der Waals surface area contributed by atoms with Crippen LogP contribution in [0.15, 0.2) is 0 Å². The van der Waals surface area contributed by atoms with E-state index < -0.39 is 5.60 Å². The minimum absolute atomic E-state index is 0.521. The molecule has 0 bridgehead atoms. The molecule has 0 heterocycles. The van der Waals surface area contributed by atoms with Gasteiger partial charge in [0, 0.05) is 6.54 Å². The summed E-state index contributed by atoms with van der Waals surface area (Å²) in [6.07, 6.45) is 15.8. The van der Waals surface area contributed by atoms with E-state index in [1.807, 2.05) is 6.92 Å². The monoisotopic (exact) mass is 285 g/mol. The molecule has 0 aliphatic rings. The largest absolute Gasteiger partial charge is 0.389 e. The lowest BCUT2D eigenvalue weighted by molar-refractivity contribution is 0.0502. The summed E-state index contributed by atoms with van der Waals surface area (Å²) in [5, 5.41) is 13.4. The quantitative estimate of drug-likeness (QED) is 0.413. The second kappa shape index (κ2) is 13.9. The van der Waals surface area contributed by atoms with Gasteiger partial charge in [0.25, 0.3) is 0 Å². The fourth-order valence-corrected chi connectivity index (χ4v) is 2.72. The topological polar surface area (TPSA) is 32.3 Å². The maximum absolute atomic E-state index is 10.0. The highest BCUT2D eigenvalue weighted by molar-refractivity contribution is 4.74. The zero-order valence-electron chi connectivity index (χ0n) is 14.3. The molecule has 0 aromatic rings. The van der Waals surface area contributed by atoms with Crippen molar-refractivity contribution in [1.29, 1.82) is 0 Å². The molecule has 0 saturated carbocycles. The molecule has 122 valence electrons. The lowest BCUT2D eigenvalue weighted by Gasteiger charge is -2.23. The maximum Gasteiger partial charge on any atom is 0.0743 e. The van der Waals surface area contributed by atoms with Crippen LogP contribution in [0.3, 0.4) is 0 Å². The van der Waals surface area contributed by atoms with E-state index >= 15 is 0 Å². The summed E-state index contributed by atoms with van der Waals surface area (Å²) >= 11 is 0. The van der Waals surface area contributed by atoms with Crippen LogP contribution in [0.2, 0.25) is 0 Å². The van der Waals surface area contributed by atoms with E-state index in [1.165, 1.54) is 64.2 Å². The van der Waals surface area contributed by atoms with E-state index in [0.717, 1.165) is 25.9 Å². The first-order chi connectivity index (χ1) is 9.62. The molecule has 1 atom stereocenters. The van der Waals surface area contributed by atoms with E-state index in [9.17, 15) is 5.11 Å². The minimum atomic E-state index is -0.521. The van der Waals surface area contributed by atoms with E-state index in [0.29, 0.717) is 0 Å². The Labute approximate surface area is 127 Å². The number of nitrogens with one attached hydrogen (secondary N) is 1. The van der Waals surface area contributed by atoms with Crippen molar-refractivity contribution in [3.05, 3.63) is 0 Å². The van der Waals surface area contributed by atoms with Gasteiger partial charge in [-0.05, 0) is 26.3 Å². The molecule has 0 radical (unpaired) electrons. The third-order valence-electron chi connectivity index (χ3n) is 4.00. The van der Waals surface area contributed by atoms with Crippen molar-refractivity contribution >= 4 is 0 Å². The summed E-state index contributed by atoms with van der Waals surface area (Å²) in [4.78, 5) is 0. The van der Waals surface area contributed by atoms with Gasteiger partial charge in [0.05, 0.1) is 5.60 Å². The van der Waals surface area contributed by atoms with Crippen molar-refractivity contribution < 1.29 is 5.11 Å². The molecule has 0 amide bonds. The molecule has 0 aliphatic heterocycles. The van der Waals surface area contributed by atoms with Gasteiger partial charge in [-0.25, -0.2) is 0 Å². The molecule has 2 N–H and O–H groups in total. The normalized spacial score (nSPS) is 14.4. The maximum atomic E-state index is 10.0. The molecule has 2 heteroatoms. The van der Waals surface area contributed by atoms with E-state index in [-0.39, 0.29) is 0 Å². The molecule has 0 saturated heterocycles. The number of unbranched alkanes of at least 4 members (excludes halogenated alkanes) is 9. The molecule has 20 heavy (non-hydrogen) atoms. The van der Waals surface area contributed by atoms with Gasteiger partial charge in [-0.3, -0.25) is 0 Å². The molecular formula is C18H39NO. The zero-order valence-corrected chi connectivity index (χ0v) is 14.3. The Balaban J connectivity index is 3.13. The molecule has 0 spiro atoms. The minimum Gasteiger partial charge on any atom is -0.389 e. The molecule has 0 aliphatic carbocycles. The summed E-state index contributed by atoms with van der Waals surface area (Å²) < 4.78 is 0. The molecule has 0 aromatic carbocycles. The summed E-state index contributed by atoms with van der Waals surface area (Å²) in [5.41, 5.74) is -0.521. The Morgan fingerprint density at radius 1 is 0.750 bits per heavy atom. The van der Waals surface area contributed by atoms with Crippen molar-refractivity contribution in [1.82, 2.24) is 5.32 Å². The predicted molar refractivity (Wildman–Crippen MR) is 90.2 cm³/mol. The van der Waals surface area contributed by atoms with Gasteiger partial charge in [0.15, 0.2) is 0 Å². The fourth-order valence-electron chi connectivity index (χ4n) is 2.72. The van der Waals surface area contributed by atoms with E-state index in [2.05, 4.69) is 19.2 Å². The summed E-state index contributed by atoms with van der Waals surface area (Å²) in [6.45, 7) is 8.11. The highest BCUT2D eigenvalue weighted by Crippen LogP contribution is 2.11. The van der Waals surface area contributed by atoms with Crippen LogP contribution in [0, 0.1) is 0 Å². The van der Waals surface area contributed by atoms with Crippen LogP contribution in [0.25, 0.3) is 0 Å². The third kappa shape index (κ3) is 14.3. The van der Waals surface area contributed by atoms with Crippen LogP contribution in [0.5, 0.6) is 0 Å². The van der Waals surface area contributed by atoms with E-state index in [1.54, 1.807) is 0 Å². The van der Waals surface area contributed by atoms with Crippen molar-refractivity contribution in [3.63, 3.8) is 0 Å². The zero-order chi connectivity index (χ0) is 15.1. The SMILES string of the molecule is CCCCCCCCCCCCNCC(C)(O)CCC. The third-order valence-corrected chi connectivity index (χ3v) is 4.00. The van der Waals surface area contributed by atoms with Gasteiger partial charge in [0.1, 0.15) is 0 Å². The lowest BCUT2D eigenvalue weighted by atomic mass is 10.0. The average Bonchev–Trinajstić information content (AvgIpc) is 2.40. The van der Waals surface area contributed by atoms with Crippen LogP contribution < -0.4 is 5.32 Å². The lowest BCUT2D eigenvalue weighted by Crippen LogP contribution is -2.37. The second-order valence-electron chi connectivity index (χ2n) is 6.61. The molecule has 1 unspecified atom stereocenters. The first-order valence-corrected chi connectivity index (χ1v) is 9.05. The van der Waals surface area contributed by atoms with Crippen molar-refractivity contribution in [2.75, 3.05) is 13.1 Å². The van der Waals surface area contributed by atoms with Crippen LogP contribution >= 0.6 is 0 Å². The van der Waals surface area contributed by atoms with E-state index in [4.69, 9.17) is 0 Å². The first kappa shape index (κ1) is 19.9. The molecular weight excluding hydrogens is 246 g/mol. The van der Waals surface area contributed by atoms with Crippen LogP contribution in [-0.4, -0.2) is 23.8 Å². The van der Waals surface area contributed by atoms with Gasteiger partial charge in [-0.2, -0.15) is 0 Å². The molecule has 0 rings (SSSR count). The standard InChI is InChI=1S/C18H39NO/c1-4-6-7-8-9-10-11-12-13-14-16-19-17-18(3,20)15-5-2/h19-20H,4-17H2,1-3H3. The van der Waals surface area contributed by atoms with Gasteiger partial charge in [-0.15, -0.1) is 0 Å². The number of hydrogen-bond donors (Lipinski definition) is 2. The van der Waals surface area contributed by atoms with Gasteiger partial charge < -0.3 is 10.4 Å². The van der Waals surface area contributed by atoms with Crippen molar-refractivity contribution in [2.24, 2.45) is 0 Å². The van der Waals surface area contributed by atoms with Crippen LogP contribution in [0.4, 0.5) is 0 Å². The Morgan fingerprint density at radius 3 is 1.75 bits per heavy atom. The smallest absolute Gasteiger partial charge is 0.0743 e. The highest BCUT2D eigenvalue weighted by atomic mass is 16.3. The second-order valence-corrected chi connectivity index (χ2v) is 6.61. The summed E-state index contributed by atoms with van der Waals surface area (Å²) in [6, 6.07) is 0. The van der Waals surface area contributed by atoms with Gasteiger partial charge in [-0.1, -0.05) is 78.1 Å². The average molecular weight is 286 g/mol. The first-order valence-electron chi connectivity index (χ1n) is 9.05. The Bertz CT molecular complexity index is 192.